The van der Waals surface area contributed by atoms with E-state index in [1.54, 1.807) is 7.11 Å². The van der Waals surface area contributed by atoms with Crippen LogP contribution in [0.1, 0.15) is 38.2 Å². The van der Waals surface area contributed by atoms with Gasteiger partial charge in [0.15, 0.2) is 5.96 Å². The van der Waals surface area contributed by atoms with Gasteiger partial charge in [0.2, 0.25) is 0 Å². The van der Waals surface area contributed by atoms with E-state index in [4.69, 9.17) is 10.5 Å². The van der Waals surface area contributed by atoms with E-state index < -0.39 is 0 Å². The summed E-state index contributed by atoms with van der Waals surface area (Å²) in [4.78, 5) is 4.59. The first-order valence-electron chi connectivity index (χ1n) is 7.89. The highest BCUT2D eigenvalue weighted by Crippen LogP contribution is 2.44. The molecule has 1 fully saturated rings. The summed E-state index contributed by atoms with van der Waals surface area (Å²) in [6.45, 7) is 7.19. The van der Waals surface area contributed by atoms with E-state index in [1.165, 1.54) is 18.4 Å². The monoisotopic (exact) mass is 301 g/mol. The second-order valence-electron chi connectivity index (χ2n) is 6.20. The number of nitrogens with one attached hydrogen (secondary N) is 1. The number of hydrogen-bond donors (Lipinski definition) is 2. The van der Waals surface area contributed by atoms with Crippen molar-refractivity contribution in [3.63, 3.8) is 0 Å². The lowest BCUT2D eigenvalue weighted by molar-refractivity contribution is 0.378. The predicted octanol–water partition coefficient (Wildman–Crippen LogP) is 2.99. The molecule has 1 aromatic rings. The quantitative estimate of drug-likeness (QED) is 0.482. The van der Waals surface area contributed by atoms with Crippen LogP contribution in [0.25, 0.3) is 0 Å². The molecule has 4 heteroatoms. The Kier molecular flexibility index (Phi) is 5.47. The minimum atomic E-state index is 0.0438. The van der Waals surface area contributed by atoms with E-state index in [0.717, 1.165) is 24.2 Å². The first-order chi connectivity index (χ1) is 10.6. The van der Waals surface area contributed by atoms with Gasteiger partial charge in [-0.05, 0) is 25.8 Å². The van der Waals surface area contributed by atoms with Crippen molar-refractivity contribution in [2.45, 2.75) is 38.0 Å². The fraction of sp³-hybridized carbons (Fsp3) is 0.500. The molecule has 4 nitrogen and oxygen atoms in total. The van der Waals surface area contributed by atoms with Gasteiger partial charge in [0.25, 0.3) is 0 Å². The third kappa shape index (κ3) is 3.81. The normalized spacial score (nSPS) is 17.3. The lowest BCUT2D eigenvalue weighted by Crippen LogP contribution is -2.35. The van der Waals surface area contributed by atoms with Crippen LogP contribution in [0, 0.1) is 0 Å². The van der Waals surface area contributed by atoms with Crippen LogP contribution in [0.3, 0.4) is 0 Å². The van der Waals surface area contributed by atoms with Crippen LogP contribution in [0.4, 0.5) is 0 Å². The number of aliphatic imine (C=N–C) groups is 1. The first kappa shape index (κ1) is 16.4. The molecule has 0 saturated heterocycles. The maximum atomic E-state index is 5.97. The number of rotatable bonds is 6. The molecule has 1 aliphatic rings. The molecule has 0 aliphatic heterocycles. The molecule has 0 aromatic heterocycles. The number of nitrogens with two attached hydrogens (primary N) is 1. The summed E-state index contributed by atoms with van der Waals surface area (Å²) < 4.78 is 5.56. The maximum absolute atomic E-state index is 5.97. The number of guanidine groups is 1. The molecule has 1 aromatic carbocycles. The zero-order valence-corrected chi connectivity index (χ0v) is 13.7. The Balaban J connectivity index is 2.18. The first-order valence-corrected chi connectivity index (χ1v) is 7.89. The summed E-state index contributed by atoms with van der Waals surface area (Å²) in [6, 6.07) is 8.28. The summed E-state index contributed by atoms with van der Waals surface area (Å²) >= 11 is 0. The van der Waals surface area contributed by atoms with Crippen LogP contribution >= 0.6 is 0 Å². The van der Waals surface area contributed by atoms with Gasteiger partial charge in [0, 0.05) is 17.5 Å². The van der Waals surface area contributed by atoms with E-state index in [9.17, 15) is 0 Å². The molecule has 3 N–H and O–H groups in total. The van der Waals surface area contributed by atoms with Crippen molar-refractivity contribution < 1.29 is 4.74 Å². The van der Waals surface area contributed by atoms with Crippen LogP contribution in [0.15, 0.2) is 41.4 Å². The third-order valence-electron chi connectivity index (χ3n) is 4.36. The minimum Gasteiger partial charge on any atom is -0.496 e. The average Bonchev–Trinajstić information content (AvgIpc) is 3.01. The molecule has 0 heterocycles. The van der Waals surface area contributed by atoms with Crippen LogP contribution in [0.2, 0.25) is 0 Å². The van der Waals surface area contributed by atoms with Gasteiger partial charge in [-0.1, -0.05) is 43.2 Å². The van der Waals surface area contributed by atoms with Crippen molar-refractivity contribution in [2.75, 3.05) is 20.2 Å². The molecule has 0 amide bonds. The smallest absolute Gasteiger partial charge is 0.188 e. The SMILES string of the molecule is C=C(C)CNC(N)=NCC1(c2ccccc2OC)CCCC1. The molecule has 2 rings (SSSR count). The number of para-hydroxylation sites is 1. The zero-order valence-electron chi connectivity index (χ0n) is 13.7. The lowest BCUT2D eigenvalue weighted by atomic mass is 9.78. The standard InChI is InChI=1S/C18H27N3O/c1-14(2)12-20-17(19)21-13-18(10-6-7-11-18)15-8-4-5-9-16(15)22-3/h4-5,8-9H,1,6-7,10-13H2,2-3H3,(H3,19,20,21). The third-order valence-corrected chi connectivity index (χ3v) is 4.36. The van der Waals surface area contributed by atoms with Crippen LogP contribution in [-0.2, 0) is 5.41 Å². The van der Waals surface area contributed by atoms with E-state index >= 15 is 0 Å². The second-order valence-corrected chi connectivity index (χ2v) is 6.20. The van der Waals surface area contributed by atoms with Gasteiger partial charge in [-0.15, -0.1) is 0 Å². The second kappa shape index (κ2) is 7.34. The number of nitrogens with zero attached hydrogens (tertiary/aromatic N) is 1. The topological polar surface area (TPSA) is 59.6 Å². The van der Waals surface area contributed by atoms with Gasteiger partial charge in [-0.3, -0.25) is 4.99 Å². The largest absolute Gasteiger partial charge is 0.496 e. The number of ether oxygens (including phenoxy) is 1. The summed E-state index contributed by atoms with van der Waals surface area (Å²) in [5.74, 6) is 1.44. The van der Waals surface area contributed by atoms with Gasteiger partial charge >= 0.3 is 0 Å². The molecule has 0 bridgehead atoms. The molecule has 1 saturated carbocycles. The molecule has 1 aliphatic carbocycles. The van der Waals surface area contributed by atoms with Gasteiger partial charge in [0.05, 0.1) is 13.7 Å². The van der Waals surface area contributed by atoms with Gasteiger partial charge < -0.3 is 15.8 Å². The van der Waals surface area contributed by atoms with Crippen molar-refractivity contribution in [1.29, 1.82) is 0 Å². The molecule has 0 atom stereocenters. The fourth-order valence-corrected chi connectivity index (χ4v) is 3.18. The Bertz CT molecular complexity index is 545. The van der Waals surface area contributed by atoms with Crippen LogP contribution in [-0.4, -0.2) is 26.2 Å². The van der Waals surface area contributed by atoms with Crippen molar-refractivity contribution in [3.8, 4) is 5.75 Å². The predicted molar refractivity (Wildman–Crippen MR) is 92.4 cm³/mol. The summed E-state index contributed by atoms with van der Waals surface area (Å²) in [5.41, 5.74) is 8.31. The molecule has 120 valence electrons. The van der Waals surface area contributed by atoms with Crippen molar-refractivity contribution in [1.82, 2.24) is 5.32 Å². The highest BCUT2D eigenvalue weighted by atomic mass is 16.5. The van der Waals surface area contributed by atoms with Crippen LogP contribution < -0.4 is 15.8 Å². The lowest BCUT2D eigenvalue weighted by Gasteiger charge is -2.29. The van der Waals surface area contributed by atoms with Crippen molar-refractivity contribution in [3.05, 3.63) is 42.0 Å². The molecule has 0 unspecified atom stereocenters. The summed E-state index contributed by atoms with van der Waals surface area (Å²) in [6.07, 6.45) is 4.72. The van der Waals surface area contributed by atoms with E-state index in [0.29, 0.717) is 19.0 Å². The molecule has 0 spiro atoms. The Morgan fingerprint density at radius 1 is 1.36 bits per heavy atom. The van der Waals surface area contributed by atoms with Gasteiger partial charge in [-0.25, -0.2) is 0 Å². The maximum Gasteiger partial charge on any atom is 0.188 e. The summed E-state index contributed by atoms with van der Waals surface area (Å²) in [7, 11) is 1.73. The Morgan fingerprint density at radius 3 is 2.68 bits per heavy atom. The Labute approximate surface area is 133 Å². The number of hydrogen-bond acceptors (Lipinski definition) is 2. The zero-order chi connectivity index (χ0) is 16.0. The highest BCUT2D eigenvalue weighted by molar-refractivity contribution is 5.78. The van der Waals surface area contributed by atoms with E-state index in [-0.39, 0.29) is 5.41 Å². The van der Waals surface area contributed by atoms with Crippen LogP contribution in [0.5, 0.6) is 5.75 Å². The average molecular weight is 301 g/mol. The molecular weight excluding hydrogens is 274 g/mol. The number of methoxy groups -OCH3 is 1. The molecular formula is C18H27N3O. The minimum absolute atomic E-state index is 0.0438. The van der Waals surface area contributed by atoms with Crippen molar-refractivity contribution in [2.24, 2.45) is 10.7 Å². The Hall–Kier alpha value is -1.97. The van der Waals surface area contributed by atoms with Gasteiger partial charge in [0.1, 0.15) is 5.75 Å². The molecule has 22 heavy (non-hydrogen) atoms. The van der Waals surface area contributed by atoms with E-state index in [1.807, 2.05) is 19.1 Å². The highest BCUT2D eigenvalue weighted by Gasteiger charge is 2.37. The van der Waals surface area contributed by atoms with Crippen molar-refractivity contribution >= 4 is 5.96 Å². The molecule has 0 radical (unpaired) electrons. The fourth-order valence-electron chi connectivity index (χ4n) is 3.18. The Morgan fingerprint density at radius 2 is 2.05 bits per heavy atom. The van der Waals surface area contributed by atoms with Gasteiger partial charge in [-0.2, -0.15) is 0 Å². The summed E-state index contributed by atoms with van der Waals surface area (Å²) in [5, 5.41) is 3.10. The number of benzene rings is 1. The van der Waals surface area contributed by atoms with E-state index in [2.05, 4.69) is 29.0 Å².